The minimum absolute atomic E-state index is 0.724. The fourth-order valence-electron chi connectivity index (χ4n) is 3.57. The second-order valence-electron chi connectivity index (χ2n) is 12.5. The van der Waals surface area contributed by atoms with Crippen molar-refractivity contribution in [2.24, 2.45) is 0 Å². The number of hydrogen-bond donors (Lipinski definition) is 2. The van der Waals surface area contributed by atoms with Gasteiger partial charge < -0.3 is 19.5 Å². The molecule has 0 aliphatic carbocycles. The molecule has 1 aromatic carbocycles. The Morgan fingerprint density at radius 1 is 0.583 bits per heavy atom. The first-order chi connectivity index (χ1) is 16.6. The average molecular weight is 500 g/mol. The highest BCUT2D eigenvalue weighted by Crippen LogP contribution is 2.26. The van der Waals surface area contributed by atoms with Gasteiger partial charge in [-0.2, -0.15) is 0 Å². The lowest BCUT2D eigenvalue weighted by Gasteiger charge is -2.38. The molecule has 36 heavy (non-hydrogen) atoms. The van der Waals surface area contributed by atoms with Gasteiger partial charge in [-0.05, 0) is 81.1 Å². The van der Waals surface area contributed by atoms with Crippen LogP contribution in [0.25, 0.3) is 0 Å². The van der Waals surface area contributed by atoms with Crippen LogP contribution in [0.5, 0.6) is 0 Å². The molecule has 0 fully saturated rings. The Morgan fingerprint density at radius 2 is 0.917 bits per heavy atom. The molecule has 0 amide bonds. The molecular weight excluding hydrogens is 446 g/mol. The molecule has 204 valence electrons. The predicted octanol–water partition coefficient (Wildman–Crippen LogP) is 5.55. The monoisotopic (exact) mass is 500 g/mol. The van der Waals surface area contributed by atoms with Gasteiger partial charge in [0, 0.05) is 0 Å². The summed E-state index contributed by atoms with van der Waals surface area (Å²) in [5.74, 6) is 0. The van der Waals surface area contributed by atoms with Crippen molar-refractivity contribution < 1.29 is 19.5 Å². The van der Waals surface area contributed by atoms with Crippen LogP contribution in [0.3, 0.4) is 0 Å². The first-order valence-corrected chi connectivity index (χ1v) is 14.2. The Hall–Kier alpha value is -0.810. The fraction of sp³-hybridized carbons (Fsp3) is 0.800. The molecule has 0 atom stereocenters. The van der Waals surface area contributed by atoms with Crippen LogP contribution in [0, 0.1) is 0 Å². The van der Waals surface area contributed by atoms with Gasteiger partial charge in [0.1, 0.15) is 0 Å². The molecule has 0 aliphatic heterocycles. The summed E-state index contributed by atoms with van der Waals surface area (Å²) in [5, 5.41) is 21.2. The zero-order valence-corrected chi connectivity index (χ0v) is 25.1. The van der Waals surface area contributed by atoms with E-state index in [1.54, 1.807) is 27.7 Å². The van der Waals surface area contributed by atoms with Crippen molar-refractivity contribution >= 4 is 25.9 Å². The van der Waals surface area contributed by atoms with Gasteiger partial charge in [-0.3, -0.25) is 0 Å². The summed E-state index contributed by atoms with van der Waals surface area (Å²) in [7, 11) is 3.68. The molecule has 2 radical (unpaired) electrons. The van der Waals surface area contributed by atoms with E-state index in [9.17, 15) is 10.2 Å². The third kappa shape index (κ3) is 10.5. The Bertz CT molecular complexity index is 711. The summed E-state index contributed by atoms with van der Waals surface area (Å²) in [5.41, 5.74) is 1.21. The quantitative estimate of drug-likeness (QED) is 0.205. The maximum Gasteiger partial charge on any atom is 0.331 e. The third-order valence-electron chi connectivity index (χ3n) is 7.91. The van der Waals surface area contributed by atoms with E-state index in [1.165, 1.54) is 49.7 Å². The highest BCUT2D eigenvalue weighted by molar-refractivity contribution is 6.50. The molecule has 0 saturated heterocycles. The highest BCUT2D eigenvalue weighted by atomic mass is 16.5. The van der Waals surface area contributed by atoms with Crippen LogP contribution in [-0.2, 0) is 22.2 Å². The van der Waals surface area contributed by atoms with Gasteiger partial charge >= 0.3 is 15.0 Å². The lowest BCUT2D eigenvalue weighted by molar-refractivity contribution is -0.0893. The van der Waals surface area contributed by atoms with E-state index >= 15 is 0 Å². The van der Waals surface area contributed by atoms with E-state index < -0.39 is 22.4 Å². The van der Waals surface area contributed by atoms with Crippen LogP contribution in [0.4, 0.5) is 0 Å². The van der Waals surface area contributed by atoms with Gasteiger partial charge in [0.05, 0.1) is 22.4 Å². The summed E-state index contributed by atoms with van der Waals surface area (Å²) < 4.78 is 12.4. The minimum atomic E-state index is -0.974. The maximum atomic E-state index is 10.6. The van der Waals surface area contributed by atoms with E-state index in [1.807, 2.05) is 42.7 Å². The van der Waals surface area contributed by atoms with Crippen molar-refractivity contribution in [3.8, 4) is 0 Å². The fourth-order valence-corrected chi connectivity index (χ4v) is 3.57. The molecule has 0 spiro atoms. The van der Waals surface area contributed by atoms with Crippen LogP contribution in [-0.4, -0.2) is 47.6 Å². The second-order valence-corrected chi connectivity index (χ2v) is 12.5. The van der Waals surface area contributed by atoms with Crippen LogP contribution < -0.4 is 10.9 Å². The van der Waals surface area contributed by atoms with E-state index in [4.69, 9.17) is 9.31 Å². The molecule has 0 aliphatic rings. The van der Waals surface area contributed by atoms with E-state index in [-0.39, 0.29) is 0 Å². The largest absolute Gasteiger partial charge is 0.427 e. The molecule has 6 heteroatoms. The summed E-state index contributed by atoms with van der Waals surface area (Å²) >= 11 is 0. The lowest BCUT2D eigenvalue weighted by atomic mass is 9.72. The average Bonchev–Trinajstić information content (AvgIpc) is 2.76. The number of aliphatic hydroxyl groups is 2. The maximum absolute atomic E-state index is 10.6. The summed E-state index contributed by atoms with van der Waals surface area (Å²) in [4.78, 5) is 0. The Morgan fingerprint density at radius 3 is 1.19 bits per heavy atom. The van der Waals surface area contributed by atoms with Crippen molar-refractivity contribution in [3.63, 3.8) is 0 Å². The second kappa shape index (κ2) is 14.4. The van der Waals surface area contributed by atoms with Gasteiger partial charge in [0.15, 0.2) is 0 Å². The number of rotatable bonds is 18. The van der Waals surface area contributed by atoms with Crippen molar-refractivity contribution in [1.29, 1.82) is 0 Å². The molecule has 0 unspecified atom stereocenters. The standard InChI is InChI=1S/C30H54B2O4/c1-11-13-15-17-19-23-21-26(32-36-30(9,10)28(5,6)34)24(20-18-16-14-12-2)22-25(23)31-35-29(7,8)27(3,4)33/h21-22,33-34H,11-20H2,1-10H3. The van der Waals surface area contributed by atoms with Gasteiger partial charge in [0.25, 0.3) is 0 Å². The SMILES string of the molecule is CCCCCCc1cc([B]OC(C)(C)C(C)(C)O)c(CCCCCC)cc1[B]OC(C)(C)C(C)(C)O. The minimum Gasteiger partial charge on any atom is -0.427 e. The summed E-state index contributed by atoms with van der Waals surface area (Å²) in [6.45, 7) is 19.3. The van der Waals surface area contributed by atoms with Crippen molar-refractivity contribution in [1.82, 2.24) is 0 Å². The van der Waals surface area contributed by atoms with E-state index in [0.717, 1.165) is 36.6 Å². The molecule has 2 N–H and O–H groups in total. The van der Waals surface area contributed by atoms with Gasteiger partial charge in [-0.1, -0.05) is 86.6 Å². The van der Waals surface area contributed by atoms with Gasteiger partial charge in [-0.25, -0.2) is 0 Å². The zero-order chi connectivity index (χ0) is 27.6. The van der Waals surface area contributed by atoms with Crippen molar-refractivity contribution in [3.05, 3.63) is 23.3 Å². The molecule has 0 aromatic heterocycles. The Labute approximate surface area is 224 Å². The molecule has 0 heterocycles. The van der Waals surface area contributed by atoms with Crippen LogP contribution in [0.2, 0.25) is 0 Å². The van der Waals surface area contributed by atoms with Crippen LogP contribution >= 0.6 is 0 Å². The molecule has 1 rings (SSSR count). The molecule has 0 bridgehead atoms. The summed E-state index contributed by atoms with van der Waals surface area (Å²) in [6.07, 6.45) is 11.4. The van der Waals surface area contributed by atoms with Gasteiger partial charge in [-0.15, -0.1) is 0 Å². The lowest BCUT2D eigenvalue weighted by Crippen LogP contribution is -2.50. The molecule has 4 nitrogen and oxygen atoms in total. The molecular formula is C30H54B2O4. The zero-order valence-electron chi connectivity index (χ0n) is 25.1. The first-order valence-electron chi connectivity index (χ1n) is 14.2. The third-order valence-corrected chi connectivity index (χ3v) is 7.91. The van der Waals surface area contributed by atoms with Crippen molar-refractivity contribution in [2.75, 3.05) is 0 Å². The summed E-state index contributed by atoms with van der Waals surface area (Å²) in [6, 6.07) is 4.49. The normalized spacial score (nSPS) is 13.2. The van der Waals surface area contributed by atoms with E-state index in [0.29, 0.717) is 0 Å². The number of hydrogen-bond acceptors (Lipinski definition) is 4. The van der Waals surface area contributed by atoms with Crippen molar-refractivity contribution in [2.45, 2.75) is 156 Å². The van der Waals surface area contributed by atoms with Crippen LogP contribution in [0.15, 0.2) is 12.1 Å². The van der Waals surface area contributed by atoms with Gasteiger partial charge in [0.2, 0.25) is 0 Å². The predicted molar refractivity (Wildman–Crippen MR) is 156 cm³/mol. The highest BCUT2D eigenvalue weighted by Gasteiger charge is 2.37. The Kier molecular flexibility index (Phi) is 13.3. The van der Waals surface area contributed by atoms with E-state index in [2.05, 4.69) is 26.0 Å². The molecule has 0 saturated carbocycles. The van der Waals surface area contributed by atoms with Crippen LogP contribution in [0.1, 0.15) is 132 Å². The molecule has 1 aromatic rings. The topological polar surface area (TPSA) is 58.9 Å². The smallest absolute Gasteiger partial charge is 0.331 e. The number of unbranched alkanes of at least 4 members (excludes halogenated alkanes) is 6. The first kappa shape index (κ1) is 33.2. The number of aryl methyl sites for hydroxylation is 2. The number of benzene rings is 1. The Balaban J connectivity index is 3.32.